The van der Waals surface area contributed by atoms with Crippen molar-refractivity contribution in [3.8, 4) is 0 Å². The fourth-order valence-corrected chi connectivity index (χ4v) is 3.29. The van der Waals surface area contributed by atoms with Crippen molar-refractivity contribution in [3.05, 3.63) is 47.5 Å². The van der Waals surface area contributed by atoms with E-state index in [0.29, 0.717) is 13.2 Å². The summed E-state index contributed by atoms with van der Waals surface area (Å²) in [7, 11) is 0. The molecule has 0 N–H and O–H groups in total. The number of rotatable bonds is 6. The van der Waals surface area contributed by atoms with Gasteiger partial charge in [-0.25, -0.2) is 0 Å². The van der Waals surface area contributed by atoms with Gasteiger partial charge in [0, 0.05) is 13.2 Å². The molecular formula is C20H28O2. The van der Waals surface area contributed by atoms with Gasteiger partial charge >= 0.3 is 0 Å². The van der Waals surface area contributed by atoms with Crippen molar-refractivity contribution in [2.75, 3.05) is 13.2 Å². The van der Waals surface area contributed by atoms with Crippen LogP contribution in [0, 0.1) is 0 Å². The van der Waals surface area contributed by atoms with Crippen LogP contribution in [-0.2, 0) is 20.7 Å². The molecule has 0 aliphatic rings. The Morgan fingerprint density at radius 1 is 0.773 bits per heavy atom. The molecule has 0 amide bonds. The van der Waals surface area contributed by atoms with Crippen molar-refractivity contribution in [1.82, 2.24) is 0 Å². The lowest BCUT2D eigenvalue weighted by molar-refractivity contribution is -0.0329. The molecule has 2 rings (SSSR count). The number of ether oxygens (including phenoxy) is 2. The second-order valence-corrected chi connectivity index (χ2v) is 6.60. The van der Waals surface area contributed by atoms with Crippen LogP contribution in [0.15, 0.2) is 36.4 Å². The molecule has 0 aliphatic heterocycles. The quantitative estimate of drug-likeness (QED) is 0.712. The average molecular weight is 300 g/mol. The van der Waals surface area contributed by atoms with Gasteiger partial charge in [-0.2, -0.15) is 0 Å². The summed E-state index contributed by atoms with van der Waals surface area (Å²) in [4.78, 5) is 0. The lowest BCUT2D eigenvalue weighted by Crippen LogP contribution is -2.30. The van der Waals surface area contributed by atoms with Crippen molar-refractivity contribution in [1.29, 1.82) is 0 Å². The molecule has 0 saturated carbocycles. The molecule has 0 aliphatic carbocycles. The van der Waals surface area contributed by atoms with E-state index in [0.717, 1.165) is 0 Å². The zero-order valence-electron chi connectivity index (χ0n) is 14.7. The monoisotopic (exact) mass is 300 g/mol. The van der Waals surface area contributed by atoms with Gasteiger partial charge in [0.05, 0.1) is 11.2 Å². The van der Waals surface area contributed by atoms with E-state index in [1.54, 1.807) is 0 Å². The van der Waals surface area contributed by atoms with Gasteiger partial charge in [-0.3, -0.25) is 0 Å². The summed E-state index contributed by atoms with van der Waals surface area (Å²) < 4.78 is 12.1. The second kappa shape index (κ2) is 6.39. The minimum Gasteiger partial charge on any atom is -0.371 e. The van der Waals surface area contributed by atoms with Crippen LogP contribution in [0.1, 0.15) is 52.7 Å². The van der Waals surface area contributed by atoms with Crippen LogP contribution in [-0.4, -0.2) is 13.2 Å². The van der Waals surface area contributed by atoms with Gasteiger partial charge in [-0.1, -0.05) is 36.4 Å². The highest BCUT2D eigenvalue weighted by molar-refractivity contribution is 5.88. The molecule has 2 heteroatoms. The summed E-state index contributed by atoms with van der Waals surface area (Å²) in [5.41, 5.74) is 1.72. The first-order valence-electron chi connectivity index (χ1n) is 8.14. The molecule has 2 aromatic rings. The Balaban J connectivity index is 2.76. The summed E-state index contributed by atoms with van der Waals surface area (Å²) >= 11 is 0. The van der Waals surface area contributed by atoms with Gasteiger partial charge in [0.15, 0.2) is 0 Å². The Kier molecular flexibility index (Phi) is 4.93. The topological polar surface area (TPSA) is 18.5 Å². The molecule has 0 fully saturated rings. The molecule has 2 aromatic carbocycles. The van der Waals surface area contributed by atoms with Gasteiger partial charge in [0.1, 0.15) is 0 Å². The van der Waals surface area contributed by atoms with Crippen LogP contribution in [0.5, 0.6) is 0 Å². The number of hydrogen-bond acceptors (Lipinski definition) is 2. The first-order chi connectivity index (χ1) is 10.3. The van der Waals surface area contributed by atoms with E-state index in [4.69, 9.17) is 9.47 Å². The van der Waals surface area contributed by atoms with Crippen LogP contribution in [0.4, 0.5) is 0 Å². The fraction of sp³-hybridized carbons (Fsp3) is 0.500. The molecule has 120 valence electrons. The highest BCUT2D eigenvalue weighted by Gasteiger charge is 2.33. The van der Waals surface area contributed by atoms with Gasteiger partial charge in [-0.05, 0) is 63.4 Å². The Morgan fingerprint density at radius 3 is 2.00 bits per heavy atom. The maximum Gasteiger partial charge on any atom is 0.0884 e. The molecular weight excluding hydrogens is 272 g/mol. The first kappa shape index (κ1) is 17.0. The predicted octanol–water partition coefficient (Wildman–Crippen LogP) is 5.38. The molecule has 22 heavy (non-hydrogen) atoms. The Bertz CT molecular complexity index is 641. The molecule has 0 unspecified atom stereocenters. The summed E-state index contributed by atoms with van der Waals surface area (Å²) in [5.74, 6) is 0. The summed E-state index contributed by atoms with van der Waals surface area (Å²) in [6, 6.07) is 12.9. The van der Waals surface area contributed by atoms with Crippen LogP contribution < -0.4 is 0 Å². The van der Waals surface area contributed by atoms with Crippen LogP contribution in [0.3, 0.4) is 0 Å². The highest BCUT2D eigenvalue weighted by Crippen LogP contribution is 2.40. The molecule has 0 aromatic heterocycles. The fourth-order valence-electron chi connectivity index (χ4n) is 3.29. The molecule has 0 heterocycles. The van der Waals surface area contributed by atoms with E-state index in [-0.39, 0.29) is 11.2 Å². The minimum absolute atomic E-state index is 0.345. The molecule has 0 radical (unpaired) electrons. The highest BCUT2D eigenvalue weighted by atomic mass is 16.5. The standard InChI is InChI=1S/C20H28O2/c1-7-21-19(3,4)17-14-13-15-11-9-10-12-16(15)18(17)20(5,6)22-8-2/h9-14H,7-8H2,1-6H3. The van der Waals surface area contributed by atoms with Gasteiger partial charge in [0.25, 0.3) is 0 Å². The number of hydrogen-bond donors (Lipinski definition) is 0. The third kappa shape index (κ3) is 3.18. The largest absolute Gasteiger partial charge is 0.371 e. The molecule has 0 bridgehead atoms. The van der Waals surface area contributed by atoms with E-state index in [9.17, 15) is 0 Å². The smallest absolute Gasteiger partial charge is 0.0884 e. The van der Waals surface area contributed by atoms with E-state index < -0.39 is 0 Å². The number of benzene rings is 2. The molecule has 0 saturated heterocycles. The van der Waals surface area contributed by atoms with Crippen molar-refractivity contribution < 1.29 is 9.47 Å². The maximum absolute atomic E-state index is 6.08. The Labute approximate surface area is 134 Å². The lowest BCUT2D eigenvalue weighted by atomic mass is 9.82. The minimum atomic E-state index is -0.362. The van der Waals surface area contributed by atoms with E-state index in [2.05, 4.69) is 64.1 Å². The zero-order valence-corrected chi connectivity index (χ0v) is 14.7. The van der Waals surface area contributed by atoms with Gasteiger partial charge < -0.3 is 9.47 Å². The predicted molar refractivity (Wildman–Crippen MR) is 93.3 cm³/mol. The van der Waals surface area contributed by atoms with E-state index in [1.807, 2.05) is 13.8 Å². The Morgan fingerprint density at radius 2 is 1.36 bits per heavy atom. The summed E-state index contributed by atoms with van der Waals surface area (Å²) in [5, 5.41) is 2.48. The molecule has 0 spiro atoms. The van der Waals surface area contributed by atoms with Gasteiger partial charge in [-0.15, -0.1) is 0 Å². The summed E-state index contributed by atoms with van der Waals surface area (Å²) in [6.07, 6.45) is 0. The van der Waals surface area contributed by atoms with Crippen LogP contribution in [0.25, 0.3) is 10.8 Å². The zero-order chi connectivity index (χ0) is 16.4. The van der Waals surface area contributed by atoms with Crippen molar-refractivity contribution in [2.24, 2.45) is 0 Å². The summed E-state index contributed by atoms with van der Waals surface area (Å²) in [6.45, 7) is 14.0. The average Bonchev–Trinajstić information content (AvgIpc) is 2.45. The normalized spacial score (nSPS) is 12.8. The second-order valence-electron chi connectivity index (χ2n) is 6.60. The Hall–Kier alpha value is -1.38. The van der Waals surface area contributed by atoms with Crippen LogP contribution in [0.2, 0.25) is 0 Å². The van der Waals surface area contributed by atoms with Gasteiger partial charge in [0.2, 0.25) is 0 Å². The maximum atomic E-state index is 6.08. The van der Waals surface area contributed by atoms with Crippen molar-refractivity contribution in [3.63, 3.8) is 0 Å². The van der Waals surface area contributed by atoms with Crippen molar-refractivity contribution in [2.45, 2.75) is 52.7 Å². The van der Waals surface area contributed by atoms with Crippen molar-refractivity contribution >= 4 is 10.8 Å². The molecule has 2 nitrogen and oxygen atoms in total. The first-order valence-corrected chi connectivity index (χ1v) is 8.14. The van der Waals surface area contributed by atoms with E-state index >= 15 is 0 Å². The third-order valence-electron chi connectivity index (χ3n) is 4.19. The third-order valence-corrected chi connectivity index (χ3v) is 4.19. The number of fused-ring (bicyclic) bond motifs is 1. The van der Waals surface area contributed by atoms with Crippen LogP contribution >= 0.6 is 0 Å². The van der Waals surface area contributed by atoms with E-state index in [1.165, 1.54) is 21.9 Å². The SMILES string of the molecule is CCOC(C)(C)c1ccc2ccccc2c1C(C)(C)OCC. The molecule has 0 atom stereocenters. The lowest BCUT2D eigenvalue weighted by Gasteiger charge is -2.35.